The monoisotopic (exact) mass is 877 g/mol. The molecule has 4 aromatic carbocycles. The number of aryl methyl sites for hydroxylation is 2. The van der Waals surface area contributed by atoms with E-state index in [0.717, 1.165) is 69.8 Å². The Hall–Kier alpha value is -5.08. The van der Waals surface area contributed by atoms with Crippen molar-refractivity contribution >= 4 is 23.4 Å². The predicted octanol–water partition coefficient (Wildman–Crippen LogP) is 10.8. The average molecular weight is 877 g/mol. The Balaban J connectivity index is 0.780. The fourth-order valence-electron chi connectivity index (χ4n) is 14.1. The number of amides is 1. The molecule has 4 aromatic rings. The minimum absolute atomic E-state index is 0.000286. The first-order chi connectivity index (χ1) is 31.2. The first kappa shape index (κ1) is 45.1. The number of nitrogens with one attached hydrogen (secondary N) is 1. The summed E-state index contributed by atoms with van der Waals surface area (Å²) < 4.78 is 5.68. The molecule has 0 aromatic heterocycles. The first-order valence-corrected chi connectivity index (χ1v) is 24.5. The van der Waals surface area contributed by atoms with Crippen LogP contribution in [0.2, 0.25) is 0 Å². The Morgan fingerprint density at radius 1 is 0.723 bits per heavy atom. The molecule has 2 saturated carbocycles. The van der Waals surface area contributed by atoms with Crippen molar-refractivity contribution in [2.75, 3.05) is 13.2 Å². The van der Waals surface area contributed by atoms with Gasteiger partial charge in [0.15, 0.2) is 5.78 Å². The number of hydrogen-bond donors (Lipinski definition) is 3. The minimum atomic E-state index is -0.617. The Bertz CT molecular complexity index is 2470. The second-order valence-corrected chi connectivity index (χ2v) is 21.4. The number of ketones is 3. The lowest BCUT2D eigenvalue weighted by atomic mass is 9.47. The van der Waals surface area contributed by atoms with E-state index in [1.807, 2.05) is 36.4 Å². The van der Waals surface area contributed by atoms with Gasteiger partial charge in [0.1, 0.15) is 23.9 Å². The molecular formula is C57H68N2O6. The number of Topliss-reactive ketones (excluding diaryl/α,β-unsaturated/α-hetero) is 3. The summed E-state index contributed by atoms with van der Waals surface area (Å²) in [6, 6.07) is 28.2. The lowest BCUT2D eigenvalue weighted by molar-refractivity contribution is -0.146. The van der Waals surface area contributed by atoms with Crippen LogP contribution in [0, 0.1) is 22.7 Å². The third-order valence-electron chi connectivity index (χ3n) is 17.7. The summed E-state index contributed by atoms with van der Waals surface area (Å²) in [5.41, 5.74) is 15.5. The molecule has 0 unspecified atom stereocenters. The molecule has 342 valence electrons. The largest absolute Gasteiger partial charge is 0.508 e. The molecule has 0 aliphatic heterocycles. The van der Waals surface area contributed by atoms with Gasteiger partial charge in [-0.3, -0.25) is 14.4 Å². The standard InChI is InChI=1S/C57H68N2O6/c1-54-26-11-28-56(3,51(62)34-52(63)57(4)29-12-27-55(2)46-33-39(60)23-20-38(46)22-25-50(55)57)49(54)24-21-37-19-18-36(31-45(37)54)32-48(61)47(58)17-9-10-30-59-53(64)65-35-44-42-15-7-5-13-40(42)41-14-6-8-16-43(41)44/h5-8,13-16,18-20,23,31,33,44,47,49-50,60H,9-12,17,21-22,24-30,32,34-35,58H2,1-4H3,(H,59,64)/t47-,49+,50+,54+,55+,56-,57-/m0/s1. The average Bonchev–Trinajstić information content (AvgIpc) is 3.61. The number of unbranched alkanes of at least 4 members (excludes halogenated alkanes) is 1. The van der Waals surface area contributed by atoms with Gasteiger partial charge in [-0.25, -0.2) is 4.79 Å². The van der Waals surface area contributed by atoms with Gasteiger partial charge in [0.2, 0.25) is 0 Å². The van der Waals surface area contributed by atoms with Crippen molar-refractivity contribution in [3.8, 4) is 16.9 Å². The van der Waals surface area contributed by atoms with Crippen LogP contribution in [-0.4, -0.2) is 47.7 Å². The number of hydrogen-bond acceptors (Lipinski definition) is 7. The second kappa shape index (κ2) is 17.6. The molecule has 4 N–H and O–H groups in total. The van der Waals surface area contributed by atoms with Gasteiger partial charge in [-0.2, -0.15) is 0 Å². The molecule has 1 amide bonds. The maximum Gasteiger partial charge on any atom is 0.407 e. The maximum absolute atomic E-state index is 14.8. The molecule has 8 heteroatoms. The number of fused-ring (bicyclic) bond motifs is 9. The molecule has 65 heavy (non-hydrogen) atoms. The van der Waals surface area contributed by atoms with Crippen molar-refractivity contribution in [2.45, 2.75) is 147 Å². The zero-order chi connectivity index (χ0) is 45.7. The smallest absolute Gasteiger partial charge is 0.407 e. The van der Waals surface area contributed by atoms with E-state index in [9.17, 15) is 24.3 Å². The van der Waals surface area contributed by atoms with E-state index >= 15 is 0 Å². The van der Waals surface area contributed by atoms with Crippen LogP contribution in [0.1, 0.15) is 150 Å². The van der Waals surface area contributed by atoms with E-state index < -0.39 is 23.0 Å². The highest BCUT2D eigenvalue weighted by molar-refractivity contribution is 6.04. The van der Waals surface area contributed by atoms with Gasteiger partial charge in [0.25, 0.3) is 0 Å². The molecule has 0 radical (unpaired) electrons. The summed E-state index contributed by atoms with van der Waals surface area (Å²) in [6.45, 7) is 9.58. The van der Waals surface area contributed by atoms with E-state index in [1.165, 1.54) is 44.5 Å². The first-order valence-electron chi connectivity index (χ1n) is 24.5. The van der Waals surface area contributed by atoms with Gasteiger partial charge in [0, 0.05) is 29.7 Å². The number of alkyl carbamates (subject to hydrolysis) is 1. The number of benzene rings is 4. The number of ether oxygens (including phenoxy) is 1. The van der Waals surface area contributed by atoms with Crippen LogP contribution in [0.15, 0.2) is 84.9 Å². The Kier molecular flexibility index (Phi) is 12.2. The Morgan fingerprint density at radius 2 is 1.28 bits per heavy atom. The molecule has 7 atom stereocenters. The summed E-state index contributed by atoms with van der Waals surface area (Å²) in [5, 5.41) is 13.3. The summed E-state index contributed by atoms with van der Waals surface area (Å²) in [4.78, 5) is 55.6. The van der Waals surface area contributed by atoms with E-state index in [2.05, 4.69) is 75.5 Å². The zero-order valence-electron chi connectivity index (χ0n) is 39.0. The fraction of sp³-hybridized carbons (Fsp3) is 0.509. The number of rotatable bonds is 14. The number of phenols is 1. The van der Waals surface area contributed by atoms with Crippen LogP contribution >= 0.6 is 0 Å². The van der Waals surface area contributed by atoms with Gasteiger partial charge in [-0.1, -0.05) is 113 Å². The van der Waals surface area contributed by atoms with Crippen LogP contribution in [0.4, 0.5) is 4.79 Å². The SMILES string of the molecule is C[C@]1(C(=O)CC(=O)[C@@]2(C)CCC[C@]3(C)c4cc(CC(=O)[C@@H](N)CCCCNC(=O)OCC5c6ccccc6-c6ccccc65)ccc4CC[C@@H]23)CCC[C@]2(C)c3cc(O)ccc3CC[C@@H]12. The van der Waals surface area contributed by atoms with Gasteiger partial charge in [-0.15, -0.1) is 0 Å². The minimum Gasteiger partial charge on any atom is -0.508 e. The number of phenolic OH excluding ortho intramolecular Hbond substituents is 1. The van der Waals surface area contributed by atoms with Crippen LogP contribution < -0.4 is 11.1 Å². The van der Waals surface area contributed by atoms with Crippen LogP contribution in [0.25, 0.3) is 11.1 Å². The number of aromatic hydroxyl groups is 1. The van der Waals surface area contributed by atoms with Crippen LogP contribution in [-0.2, 0) is 49.2 Å². The quantitative estimate of drug-likeness (QED) is 0.0848. The highest BCUT2D eigenvalue weighted by atomic mass is 16.5. The summed E-state index contributed by atoms with van der Waals surface area (Å²) in [6.07, 6.45) is 10.6. The summed E-state index contributed by atoms with van der Waals surface area (Å²) in [5.74, 6) is 0.687. The Labute approximate surface area is 385 Å². The van der Waals surface area contributed by atoms with Crippen molar-refractivity contribution in [1.82, 2.24) is 5.32 Å². The van der Waals surface area contributed by atoms with Crippen molar-refractivity contribution < 1.29 is 29.0 Å². The molecule has 5 aliphatic carbocycles. The topological polar surface area (TPSA) is 136 Å². The molecule has 0 heterocycles. The molecule has 0 saturated heterocycles. The van der Waals surface area contributed by atoms with Gasteiger partial charge in [-0.05, 0) is 155 Å². The number of nitrogens with two attached hydrogens (primary N) is 1. The summed E-state index contributed by atoms with van der Waals surface area (Å²) >= 11 is 0. The van der Waals surface area contributed by atoms with Gasteiger partial charge < -0.3 is 20.9 Å². The fourth-order valence-corrected chi connectivity index (χ4v) is 14.1. The van der Waals surface area contributed by atoms with E-state index in [1.54, 1.807) is 6.07 Å². The molecule has 2 fully saturated rings. The Morgan fingerprint density at radius 3 is 1.88 bits per heavy atom. The predicted molar refractivity (Wildman–Crippen MR) is 255 cm³/mol. The lowest BCUT2D eigenvalue weighted by Crippen LogP contribution is -2.55. The van der Waals surface area contributed by atoms with Crippen molar-refractivity contribution in [1.29, 1.82) is 0 Å². The second-order valence-electron chi connectivity index (χ2n) is 21.4. The maximum atomic E-state index is 14.8. The molecule has 0 bridgehead atoms. The molecule has 8 nitrogen and oxygen atoms in total. The number of carbonyl (C=O) groups is 4. The van der Waals surface area contributed by atoms with Crippen molar-refractivity contribution in [2.24, 2.45) is 28.4 Å². The number of carbonyl (C=O) groups excluding carboxylic acids is 4. The van der Waals surface area contributed by atoms with Gasteiger partial charge >= 0.3 is 6.09 Å². The van der Waals surface area contributed by atoms with Crippen LogP contribution in [0.3, 0.4) is 0 Å². The lowest BCUT2D eigenvalue weighted by Gasteiger charge is -2.56. The molecular weight excluding hydrogens is 809 g/mol. The van der Waals surface area contributed by atoms with Gasteiger partial charge in [0.05, 0.1) is 12.5 Å². The van der Waals surface area contributed by atoms with Crippen molar-refractivity contribution in [3.63, 3.8) is 0 Å². The van der Waals surface area contributed by atoms with E-state index in [-0.39, 0.29) is 71.1 Å². The normalized spacial score (nSPS) is 28.0. The zero-order valence-corrected chi connectivity index (χ0v) is 39.0. The molecule has 5 aliphatic rings. The van der Waals surface area contributed by atoms with Crippen LogP contribution in [0.5, 0.6) is 5.75 Å². The van der Waals surface area contributed by atoms with E-state index in [4.69, 9.17) is 10.5 Å². The molecule has 0 spiro atoms. The highest BCUT2D eigenvalue weighted by Crippen LogP contribution is 2.61. The third-order valence-corrected chi connectivity index (χ3v) is 17.7. The van der Waals surface area contributed by atoms with E-state index in [0.29, 0.717) is 25.8 Å². The highest BCUT2D eigenvalue weighted by Gasteiger charge is 2.58. The third kappa shape index (κ3) is 8.06. The van der Waals surface area contributed by atoms with Crippen molar-refractivity contribution in [3.05, 3.63) is 124 Å². The molecule has 9 rings (SSSR count). The summed E-state index contributed by atoms with van der Waals surface area (Å²) in [7, 11) is 0.